The standard InChI is InChI=1S/C14H20N4O2S/c1-9-10-12(15-6-4-5-7-18(2)3)16-8-17-13(10)21-11(9)14(19)20/h8H,4-7H2,1-3H3,(H,19,20)(H,15,16,17). The molecule has 0 aromatic carbocycles. The van der Waals surface area contributed by atoms with Gasteiger partial charge < -0.3 is 15.3 Å². The average molecular weight is 308 g/mol. The molecule has 114 valence electrons. The van der Waals surface area contributed by atoms with Crippen molar-refractivity contribution in [1.82, 2.24) is 14.9 Å². The molecule has 0 saturated carbocycles. The van der Waals surface area contributed by atoms with Crippen LogP contribution in [0, 0.1) is 6.92 Å². The molecule has 0 fully saturated rings. The van der Waals surface area contributed by atoms with E-state index in [9.17, 15) is 9.90 Å². The Hall–Kier alpha value is -1.73. The van der Waals surface area contributed by atoms with Gasteiger partial charge in [0.05, 0.1) is 5.39 Å². The fraction of sp³-hybridized carbons (Fsp3) is 0.500. The Balaban J connectivity index is 2.11. The van der Waals surface area contributed by atoms with Gasteiger partial charge in [-0.05, 0) is 46.0 Å². The zero-order valence-electron chi connectivity index (χ0n) is 12.5. The largest absolute Gasteiger partial charge is 0.477 e. The van der Waals surface area contributed by atoms with Crippen LogP contribution in [0.1, 0.15) is 28.1 Å². The highest BCUT2D eigenvalue weighted by molar-refractivity contribution is 7.20. The van der Waals surface area contributed by atoms with Gasteiger partial charge in [0.2, 0.25) is 0 Å². The van der Waals surface area contributed by atoms with Gasteiger partial charge in [-0.1, -0.05) is 0 Å². The smallest absolute Gasteiger partial charge is 0.346 e. The molecule has 0 atom stereocenters. The number of thiophene rings is 1. The van der Waals surface area contributed by atoms with E-state index in [2.05, 4.69) is 34.3 Å². The maximum absolute atomic E-state index is 11.2. The Morgan fingerprint density at radius 3 is 2.81 bits per heavy atom. The van der Waals surface area contributed by atoms with Gasteiger partial charge >= 0.3 is 5.97 Å². The fourth-order valence-electron chi connectivity index (χ4n) is 2.17. The van der Waals surface area contributed by atoms with Crippen LogP contribution in [0.25, 0.3) is 10.2 Å². The normalized spacial score (nSPS) is 11.2. The highest BCUT2D eigenvalue weighted by atomic mass is 32.1. The number of anilines is 1. The van der Waals surface area contributed by atoms with E-state index in [4.69, 9.17) is 0 Å². The first-order chi connectivity index (χ1) is 10.0. The van der Waals surface area contributed by atoms with Crippen molar-refractivity contribution in [2.75, 3.05) is 32.5 Å². The third-order valence-electron chi connectivity index (χ3n) is 3.25. The summed E-state index contributed by atoms with van der Waals surface area (Å²) in [6.45, 7) is 3.68. The number of unbranched alkanes of at least 4 members (excludes halogenated alkanes) is 1. The van der Waals surface area contributed by atoms with Crippen molar-refractivity contribution in [3.8, 4) is 0 Å². The van der Waals surface area contributed by atoms with Crippen molar-refractivity contribution >= 4 is 33.3 Å². The van der Waals surface area contributed by atoms with Crippen LogP contribution in [-0.2, 0) is 0 Å². The second-order valence-electron chi connectivity index (χ2n) is 5.20. The van der Waals surface area contributed by atoms with Crippen LogP contribution >= 0.6 is 11.3 Å². The Morgan fingerprint density at radius 1 is 1.38 bits per heavy atom. The van der Waals surface area contributed by atoms with E-state index in [1.165, 1.54) is 17.7 Å². The fourth-order valence-corrected chi connectivity index (χ4v) is 3.16. The molecule has 0 bridgehead atoms. The zero-order chi connectivity index (χ0) is 15.4. The average Bonchev–Trinajstić information content (AvgIpc) is 2.76. The third kappa shape index (κ3) is 3.68. The molecule has 2 N–H and O–H groups in total. The lowest BCUT2D eigenvalue weighted by Gasteiger charge is -2.10. The number of rotatable bonds is 7. The summed E-state index contributed by atoms with van der Waals surface area (Å²) in [4.78, 5) is 22.8. The SMILES string of the molecule is Cc1c(C(=O)O)sc2ncnc(NCCCCN(C)C)c12. The number of nitrogens with zero attached hydrogens (tertiary/aromatic N) is 3. The molecule has 7 heteroatoms. The number of hydrogen-bond acceptors (Lipinski definition) is 6. The highest BCUT2D eigenvalue weighted by Crippen LogP contribution is 2.33. The molecule has 2 aromatic rings. The number of aromatic nitrogens is 2. The summed E-state index contributed by atoms with van der Waals surface area (Å²) in [6, 6.07) is 0. The lowest BCUT2D eigenvalue weighted by Crippen LogP contribution is -2.14. The summed E-state index contributed by atoms with van der Waals surface area (Å²) < 4.78 is 0. The molecule has 0 unspecified atom stereocenters. The van der Waals surface area contributed by atoms with Gasteiger partial charge in [0.25, 0.3) is 0 Å². The molecule has 0 aliphatic carbocycles. The molecular formula is C14H20N4O2S. The van der Waals surface area contributed by atoms with E-state index >= 15 is 0 Å². The number of hydrogen-bond donors (Lipinski definition) is 2. The van der Waals surface area contributed by atoms with Crippen molar-refractivity contribution in [3.05, 3.63) is 16.8 Å². The minimum atomic E-state index is -0.910. The van der Waals surface area contributed by atoms with Crippen LogP contribution < -0.4 is 5.32 Å². The monoisotopic (exact) mass is 308 g/mol. The molecule has 6 nitrogen and oxygen atoms in total. The minimum absolute atomic E-state index is 0.334. The number of aromatic carboxylic acids is 1. The molecular weight excluding hydrogens is 288 g/mol. The van der Waals surface area contributed by atoms with E-state index < -0.39 is 5.97 Å². The Morgan fingerprint density at radius 2 is 2.14 bits per heavy atom. The summed E-state index contributed by atoms with van der Waals surface area (Å²) in [5, 5.41) is 13.3. The Labute approximate surface area is 127 Å². The lowest BCUT2D eigenvalue weighted by atomic mass is 10.2. The number of carbonyl (C=O) groups is 1. The van der Waals surface area contributed by atoms with Crippen molar-refractivity contribution in [1.29, 1.82) is 0 Å². The number of aryl methyl sites for hydroxylation is 1. The van der Waals surface area contributed by atoms with Crippen molar-refractivity contribution in [2.45, 2.75) is 19.8 Å². The molecule has 0 aliphatic heterocycles. The van der Waals surface area contributed by atoms with E-state index in [1.54, 1.807) is 0 Å². The van der Waals surface area contributed by atoms with Crippen molar-refractivity contribution in [2.24, 2.45) is 0 Å². The first kappa shape index (κ1) is 15.7. The number of carboxylic acid groups (broad SMARTS) is 1. The summed E-state index contributed by atoms with van der Waals surface area (Å²) in [7, 11) is 4.12. The number of carboxylic acids is 1. The summed E-state index contributed by atoms with van der Waals surface area (Å²) in [5.74, 6) is -0.182. The molecule has 0 saturated heterocycles. The first-order valence-corrected chi connectivity index (χ1v) is 7.68. The number of fused-ring (bicyclic) bond motifs is 1. The van der Waals surface area contributed by atoms with Crippen LogP contribution in [-0.4, -0.2) is 53.1 Å². The van der Waals surface area contributed by atoms with Crippen LogP contribution in [0.3, 0.4) is 0 Å². The van der Waals surface area contributed by atoms with Crippen LogP contribution in [0.4, 0.5) is 5.82 Å². The maximum atomic E-state index is 11.2. The molecule has 0 aliphatic rings. The predicted molar refractivity (Wildman–Crippen MR) is 85.4 cm³/mol. The van der Waals surface area contributed by atoms with Crippen molar-refractivity contribution < 1.29 is 9.90 Å². The zero-order valence-corrected chi connectivity index (χ0v) is 13.3. The van der Waals surface area contributed by atoms with Gasteiger partial charge in [-0.15, -0.1) is 11.3 Å². The van der Waals surface area contributed by atoms with Gasteiger partial charge in [-0.25, -0.2) is 14.8 Å². The van der Waals surface area contributed by atoms with Crippen LogP contribution in [0.15, 0.2) is 6.33 Å². The van der Waals surface area contributed by atoms with Gasteiger partial charge in [-0.2, -0.15) is 0 Å². The first-order valence-electron chi connectivity index (χ1n) is 6.86. The van der Waals surface area contributed by atoms with E-state index in [-0.39, 0.29) is 0 Å². The van der Waals surface area contributed by atoms with Crippen LogP contribution in [0.5, 0.6) is 0 Å². The Bertz CT molecular complexity index is 639. The van der Waals surface area contributed by atoms with Gasteiger partial charge in [0.1, 0.15) is 21.9 Å². The molecule has 2 rings (SSSR count). The van der Waals surface area contributed by atoms with E-state index in [1.807, 2.05) is 6.92 Å². The summed E-state index contributed by atoms with van der Waals surface area (Å²) in [5.41, 5.74) is 0.735. The predicted octanol–water partition coefficient (Wildman–Crippen LogP) is 2.45. The van der Waals surface area contributed by atoms with Gasteiger partial charge in [0, 0.05) is 6.54 Å². The highest BCUT2D eigenvalue weighted by Gasteiger charge is 2.18. The second-order valence-corrected chi connectivity index (χ2v) is 6.20. The van der Waals surface area contributed by atoms with E-state index in [0.29, 0.717) is 4.88 Å². The van der Waals surface area contributed by atoms with E-state index in [0.717, 1.165) is 47.5 Å². The topological polar surface area (TPSA) is 78.3 Å². The summed E-state index contributed by atoms with van der Waals surface area (Å²) in [6.07, 6.45) is 3.63. The second kappa shape index (κ2) is 6.82. The minimum Gasteiger partial charge on any atom is -0.477 e. The molecule has 21 heavy (non-hydrogen) atoms. The van der Waals surface area contributed by atoms with Crippen LogP contribution in [0.2, 0.25) is 0 Å². The number of nitrogens with one attached hydrogen (secondary N) is 1. The van der Waals surface area contributed by atoms with Gasteiger partial charge in [-0.3, -0.25) is 0 Å². The molecule has 0 radical (unpaired) electrons. The quantitative estimate of drug-likeness (QED) is 0.765. The van der Waals surface area contributed by atoms with Crippen molar-refractivity contribution in [3.63, 3.8) is 0 Å². The Kier molecular flexibility index (Phi) is 5.08. The lowest BCUT2D eigenvalue weighted by molar-refractivity contribution is 0.0701. The van der Waals surface area contributed by atoms with Gasteiger partial charge in [0.15, 0.2) is 0 Å². The molecule has 2 aromatic heterocycles. The third-order valence-corrected chi connectivity index (χ3v) is 4.43. The molecule has 0 spiro atoms. The molecule has 2 heterocycles. The molecule has 0 amide bonds. The summed E-state index contributed by atoms with van der Waals surface area (Å²) >= 11 is 1.20. The maximum Gasteiger partial charge on any atom is 0.346 e.